The van der Waals surface area contributed by atoms with E-state index in [1.165, 1.54) is 6.42 Å². The van der Waals surface area contributed by atoms with Crippen molar-refractivity contribution in [2.24, 2.45) is 5.92 Å². The number of para-hydroxylation sites is 1. The van der Waals surface area contributed by atoms with Gasteiger partial charge in [0.15, 0.2) is 0 Å². The van der Waals surface area contributed by atoms with Crippen LogP contribution in [0, 0.1) is 5.92 Å². The number of rotatable bonds is 4. The molecule has 100 valence electrons. The summed E-state index contributed by atoms with van der Waals surface area (Å²) in [6.45, 7) is 2.18. The van der Waals surface area contributed by atoms with Gasteiger partial charge in [0, 0.05) is 6.42 Å². The van der Waals surface area contributed by atoms with E-state index in [0.29, 0.717) is 5.92 Å². The van der Waals surface area contributed by atoms with Crippen LogP contribution in [0.1, 0.15) is 44.6 Å². The fourth-order valence-corrected chi connectivity index (χ4v) is 3.29. The maximum atomic E-state index is 10.9. The van der Waals surface area contributed by atoms with Crippen LogP contribution in [0.3, 0.4) is 0 Å². The molecule has 2 rings (SSSR count). The fraction of sp³-hybridized carbons (Fsp3) is 0.625. The van der Waals surface area contributed by atoms with Crippen molar-refractivity contribution < 1.29 is 9.84 Å². The maximum Gasteiger partial charge on any atom is 0.122 e. The van der Waals surface area contributed by atoms with E-state index in [-0.39, 0.29) is 0 Å². The smallest absolute Gasteiger partial charge is 0.122 e. The number of methoxy groups -OCH3 is 1. The molecule has 18 heavy (non-hydrogen) atoms. The highest BCUT2D eigenvalue weighted by Gasteiger charge is 2.38. The summed E-state index contributed by atoms with van der Waals surface area (Å²) in [4.78, 5) is 0. The van der Waals surface area contributed by atoms with E-state index in [2.05, 4.69) is 13.0 Å². The van der Waals surface area contributed by atoms with E-state index >= 15 is 0 Å². The summed E-state index contributed by atoms with van der Waals surface area (Å²) in [6, 6.07) is 8.04. The number of aliphatic hydroxyl groups is 1. The lowest BCUT2D eigenvalue weighted by Gasteiger charge is -2.40. The van der Waals surface area contributed by atoms with E-state index in [1.807, 2.05) is 18.2 Å². The van der Waals surface area contributed by atoms with Crippen LogP contribution < -0.4 is 4.74 Å². The molecule has 0 aliphatic heterocycles. The van der Waals surface area contributed by atoms with Gasteiger partial charge in [0.1, 0.15) is 5.75 Å². The minimum absolute atomic E-state index is 0.427. The van der Waals surface area contributed by atoms with Gasteiger partial charge in [-0.15, -0.1) is 0 Å². The minimum Gasteiger partial charge on any atom is -0.496 e. The molecule has 0 aromatic heterocycles. The molecule has 0 radical (unpaired) electrons. The molecule has 0 spiro atoms. The van der Waals surface area contributed by atoms with Gasteiger partial charge in [0.05, 0.1) is 12.7 Å². The number of benzene rings is 1. The quantitative estimate of drug-likeness (QED) is 0.882. The lowest BCUT2D eigenvalue weighted by molar-refractivity contribution is -0.0494. The van der Waals surface area contributed by atoms with Crippen molar-refractivity contribution in [2.45, 2.75) is 51.0 Å². The molecule has 1 aromatic carbocycles. The normalized spacial score (nSPS) is 28.1. The van der Waals surface area contributed by atoms with Crippen LogP contribution in [0.4, 0.5) is 0 Å². The van der Waals surface area contributed by atoms with E-state index in [4.69, 9.17) is 4.74 Å². The minimum atomic E-state index is -0.540. The topological polar surface area (TPSA) is 29.5 Å². The van der Waals surface area contributed by atoms with Crippen molar-refractivity contribution in [1.82, 2.24) is 0 Å². The van der Waals surface area contributed by atoms with Gasteiger partial charge < -0.3 is 9.84 Å². The number of hydrogen-bond acceptors (Lipinski definition) is 2. The highest BCUT2D eigenvalue weighted by atomic mass is 16.5. The molecule has 0 saturated heterocycles. The first-order valence-corrected chi connectivity index (χ1v) is 7.04. The first-order valence-electron chi connectivity index (χ1n) is 7.04. The van der Waals surface area contributed by atoms with Gasteiger partial charge >= 0.3 is 0 Å². The molecule has 1 N–H and O–H groups in total. The third kappa shape index (κ3) is 2.69. The van der Waals surface area contributed by atoms with Crippen molar-refractivity contribution in [3.8, 4) is 5.75 Å². The Bertz CT molecular complexity index is 388. The summed E-state index contributed by atoms with van der Waals surface area (Å²) in [6.07, 6.45) is 6.25. The van der Waals surface area contributed by atoms with Gasteiger partial charge in [-0.3, -0.25) is 0 Å². The van der Waals surface area contributed by atoms with Crippen LogP contribution in [0.25, 0.3) is 0 Å². The lowest BCUT2D eigenvalue weighted by atomic mass is 9.71. The van der Waals surface area contributed by atoms with Crippen LogP contribution in [-0.2, 0) is 6.42 Å². The molecule has 2 nitrogen and oxygen atoms in total. The predicted molar refractivity (Wildman–Crippen MR) is 73.9 cm³/mol. The molecular weight excluding hydrogens is 224 g/mol. The van der Waals surface area contributed by atoms with Crippen molar-refractivity contribution in [2.75, 3.05) is 7.11 Å². The monoisotopic (exact) mass is 248 g/mol. The van der Waals surface area contributed by atoms with Crippen molar-refractivity contribution in [3.05, 3.63) is 29.8 Å². The van der Waals surface area contributed by atoms with Gasteiger partial charge in [-0.05, 0) is 30.4 Å². The molecule has 1 saturated carbocycles. The second-order valence-electron chi connectivity index (χ2n) is 5.44. The summed E-state index contributed by atoms with van der Waals surface area (Å²) in [5.74, 6) is 1.32. The maximum absolute atomic E-state index is 10.9. The largest absolute Gasteiger partial charge is 0.496 e. The predicted octanol–water partition coefficient (Wildman–Crippen LogP) is 3.57. The highest BCUT2D eigenvalue weighted by molar-refractivity contribution is 5.34. The Balaban J connectivity index is 2.20. The van der Waals surface area contributed by atoms with Crippen molar-refractivity contribution >= 4 is 0 Å². The summed E-state index contributed by atoms with van der Waals surface area (Å²) in [5, 5.41) is 10.9. The van der Waals surface area contributed by atoms with Crippen LogP contribution in [0.5, 0.6) is 5.75 Å². The molecule has 0 heterocycles. The first kappa shape index (κ1) is 13.4. The molecule has 0 amide bonds. The second-order valence-corrected chi connectivity index (χ2v) is 5.44. The Kier molecular flexibility index (Phi) is 4.28. The SMILES string of the molecule is CCC1CCCCC1(O)Cc1ccccc1OC. The third-order valence-corrected chi connectivity index (χ3v) is 4.35. The zero-order valence-corrected chi connectivity index (χ0v) is 11.5. The number of ether oxygens (including phenoxy) is 1. The van der Waals surface area contributed by atoms with Crippen molar-refractivity contribution in [1.29, 1.82) is 0 Å². The van der Waals surface area contributed by atoms with Gasteiger partial charge in [0.25, 0.3) is 0 Å². The zero-order chi connectivity index (χ0) is 13.0. The summed E-state index contributed by atoms with van der Waals surface area (Å²) >= 11 is 0. The van der Waals surface area contributed by atoms with Crippen LogP contribution in [0.15, 0.2) is 24.3 Å². The van der Waals surface area contributed by atoms with Crippen LogP contribution >= 0.6 is 0 Å². The van der Waals surface area contributed by atoms with E-state index in [9.17, 15) is 5.11 Å². The Morgan fingerprint density at radius 1 is 1.33 bits per heavy atom. The molecule has 2 unspecified atom stereocenters. The molecule has 1 aliphatic rings. The number of hydrogen-bond donors (Lipinski definition) is 1. The summed E-state index contributed by atoms with van der Waals surface area (Å²) < 4.78 is 5.39. The summed E-state index contributed by atoms with van der Waals surface area (Å²) in [7, 11) is 1.70. The van der Waals surface area contributed by atoms with Gasteiger partial charge in [-0.2, -0.15) is 0 Å². The van der Waals surface area contributed by atoms with Crippen molar-refractivity contribution in [3.63, 3.8) is 0 Å². The van der Waals surface area contributed by atoms with Gasteiger partial charge in [-0.25, -0.2) is 0 Å². The molecule has 2 atom stereocenters. The average Bonchev–Trinajstić information content (AvgIpc) is 2.39. The average molecular weight is 248 g/mol. The Hall–Kier alpha value is -1.02. The van der Waals surface area contributed by atoms with E-state index in [1.54, 1.807) is 7.11 Å². The van der Waals surface area contributed by atoms with E-state index < -0.39 is 5.60 Å². The van der Waals surface area contributed by atoms with Crippen LogP contribution in [-0.4, -0.2) is 17.8 Å². The molecule has 0 bridgehead atoms. The Labute approximate surface area is 110 Å². The Morgan fingerprint density at radius 3 is 2.83 bits per heavy atom. The Morgan fingerprint density at radius 2 is 2.11 bits per heavy atom. The highest BCUT2D eigenvalue weighted by Crippen LogP contribution is 2.39. The second kappa shape index (κ2) is 5.75. The molecular formula is C16H24O2. The van der Waals surface area contributed by atoms with Crippen LogP contribution in [0.2, 0.25) is 0 Å². The lowest BCUT2D eigenvalue weighted by Crippen LogP contribution is -2.42. The molecule has 1 fully saturated rings. The first-order chi connectivity index (χ1) is 8.69. The standard InChI is InChI=1S/C16H24O2/c1-3-14-9-6-7-11-16(14,17)12-13-8-4-5-10-15(13)18-2/h4-5,8,10,14,17H,3,6-7,9,11-12H2,1-2H3. The van der Waals surface area contributed by atoms with Gasteiger partial charge in [0.2, 0.25) is 0 Å². The van der Waals surface area contributed by atoms with Gasteiger partial charge in [-0.1, -0.05) is 44.4 Å². The molecule has 1 aromatic rings. The molecule has 1 aliphatic carbocycles. The van der Waals surface area contributed by atoms with E-state index in [0.717, 1.165) is 43.4 Å². The molecule has 2 heteroatoms. The zero-order valence-electron chi connectivity index (χ0n) is 11.5. The fourth-order valence-electron chi connectivity index (χ4n) is 3.29. The summed E-state index contributed by atoms with van der Waals surface area (Å²) in [5.41, 5.74) is 0.588. The third-order valence-electron chi connectivity index (χ3n) is 4.35.